The van der Waals surface area contributed by atoms with Crippen LogP contribution in [0.3, 0.4) is 0 Å². The lowest BCUT2D eigenvalue weighted by Crippen LogP contribution is -2.09. The maximum absolute atomic E-state index is 14.1. The summed E-state index contributed by atoms with van der Waals surface area (Å²) in [4.78, 5) is 11.3. The highest BCUT2D eigenvalue weighted by molar-refractivity contribution is 6.30. The smallest absolute Gasteiger partial charge is 0.254 e. The van der Waals surface area contributed by atoms with Crippen molar-refractivity contribution in [1.29, 1.82) is 0 Å². The summed E-state index contributed by atoms with van der Waals surface area (Å²) in [7, 11) is 0. The number of benzene rings is 2. The minimum absolute atomic E-state index is 0.0192. The highest BCUT2D eigenvalue weighted by atomic mass is 35.5. The topological polar surface area (TPSA) is 77.2 Å². The van der Waals surface area contributed by atoms with E-state index in [1.54, 1.807) is 37.3 Å². The number of halogens is 2. The first-order valence-corrected chi connectivity index (χ1v) is 8.23. The van der Waals surface area contributed by atoms with Gasteiger partial charge in [-0.05, 0) is 36.4 Å². The normalized spacial score (nSPS) is 10.6. The van der Waals surface area contributed by atoms with Gasteiger partial charge in [-0.2, -0.15) is 0 Å². The Kier molecular flexibility index (Phi) is 5.48. The van der Waals surface area contributed by atoms with E-state index in [-0.39, 0.29) is 24.2 Å². The average Bonchev–Trinajstić information content (AvgIpc) is 3.10. The fourth-order valence-corrected chi connectivity index (χ4v) is 2.23. The Morgan fingerprint density at radius 2 is 2.00 bits per heavy atom. The first-order valence-electron chi connectivity index (χ1n) is 7.85. The fraction of sp³-hybridized carbons (Fsp3) is 0.167. The van der Waals surface area contributed by atoms with E-state index in [0.29, 0.717) is 23.0 Å². The standard InChI is InChI=1S/C18H15ClFN3O3/c1-2-16(24)21-13-7-8-15(14(20)9-13)25-10-17-22-23-18(26-17)11-3-5-12(19)6-4-11/h3-9H,2,10H2,1H3,(H,21,24). The van der Waals surface area contributed by atoms with E-state index >= 15 is 0 Å². The van der Waals surface area contributed by atoms with Crippen LogP contribution in [0.2, 0.25) is 5.02 Å². The number of carbonyl (C=O) groups is 1. The molecule has 0 atom stereocenters. The second kappa shape index (κ2) is 7.97. The molecule has 134 valence electrons. The van der Waals surface area contributed by atoms with E-state index in [4.69, 9.17) is 20.8 Å². The lowest BCUT2D eigenvalue weighted by atomic mass is 10.2. The van der Waals surface area contributed by atoms with Crippen LogP contribution < -0.4 is 10.1 Å². The number of nitrogens with one attached hydrogen (secondary N) is 1. The van der Waals surface area contributed by atoms with Crippen molar-refractivity contribution in [2.45, 2.75) is 20.0 Å². The molecule has 0 saturated carbocycles. The Bertz CT molecular complexity index is 912. The molecule has 1 amide bonds. The molecule has 0 aliphatic heterocycles. The number of anilines is 1. The Morgan fingerprint density at radius 1 is 1.23 bits per heavy atom. The highest BCUT2D eigenvalue weighted by Crippen LogP contribution is 2.24. The zero-order valence-corrected chi connectivity index (χ0v) is 14.6. The average molecular weight is 376 g/mol. The molecule has 0 aliphatic rings. The summed E-state index contributed by atoms with van der Waals surface area (Å²) in [6, 6.07) is 11.1. The second-order valence-corrected chi connectivity index (χ2v) is 5.78. The van der Waals surface area contributed by atoms with Crippen molar-refractivity contribution in [2.75, 3.05) is 5.32 Å². The largest absolute Gasteiger partial charge is 0.481 e. The summed E-state index contributed by atoms with van der Waals surface area (Å²) in [6.07, 6.45) is 0.312. The molecule has 8 heteroatoms. The highest BCUT2D eigenvalue weighted by Gasteiger charge is 2.11. The quantitative estimate of drug-likeness (QED) is 0.688. The lowest BCUT2D eigenvalue weighted by molar-refractivity contribution is -0.115. The van der Waals surface area contributed by atoms with Crippen LogP contribution in [-0.4, -0.2) is 16.1 Å². The molecule has 0 radical (unpaired) electrons. The van der Waals surface area contributed by atoms with Gasteiger partial charge in [0.05, 0.1) is 0 Å². The predicted molar refractivity (Wildman–Crippen MR) is 94.4 cm³/mol. The molecule has 0 aliphatic carbocycles. The van der Waals surface area contributed by atoms with Gasteiger partial charge in [-0.3, -0.25) is 4.79 Å². The summed E-state index contributed by atoms with van der Waals surface area (Å²) in [5.41, 5.74) is 1.08. The first-order chi connectivity index (χ1) is 12.5. The molecule has 0 bridgehead atoms. The van der Waals surface area contributed by atoms with Crippen molar-refractivity contribution in [2.24, 2.45) is 0 Å². The molecule has 0 saturated heterocycles. The summed E-state index contributed by atoms with van der Waals surface area (Å²) in [6.45, 7) is 1.63. The number of hydrogen-bond acceptors (Lipinski definition) is 5. The molecule has 2 aromatic carbocycles. The van der Waals surface area contributed by atoms with Crippen LogP contribution in [-0.2, 0) is 11.4 Å². The zero-order chi connectivity index (χ0) is 18.5. The summed E-state index contributed by atoms with van der Waals surface area (Å²) in [5, 5.41) is 11.0. The van der Waals surface area contributed by atoms with Gasteiger partial charge < -0.3 is 14.5 Å². The molecule has 3 aromatic rings. The van der Waals surface area contributed by atoms with Crippen LogP contribution in [0, 0.1) is 5.82 Å². The fourth-order valence-electron chi connectivity index (χ4n) is 2.11. The van der Waals surface area contributed by atoms with Crippen molar-refractivity contribution in [3.8, 4) is 17.2 Å². The van der Waals surface area contributed by atoms with Crippen LogP contribution in [0.1, 0.15) is 19.2 Å². The van der Waals surface area contributed by atoms with Crippen molar-refractivity contribution in [3.05, 3.63) is 59.2 Å². The van der Waals surface area contributed by atoms with Gasteiger partial charge in [0.25, 0.3) is 5.89 Å². The van der Waals surface area contributed by atoms with Crippen LogP contribution in [0.25, 0.3) is 11.5 Å². The molecule has 3 rings (SSSR count). The molecular formula is C18H15ClFN3O3. The molecule has 0 fully saturated rings. The molecule has 1 heterocycles. The van der Waals surface area contributed by atoms with Crippen molar-refractivity contribution in [3.63, 3.8) is 0 Å². The monoisotopic (exact) mass is 375 g/mol. The lowest BCUT2D eigenvalue weighted by Gasteiger charge is -2.08. The van der Waals surface area contributed by atoms with E-state index in [1.165, 1.54) is 12.1 Å². The van der Waals surface area contributed by atoms with Gasteiger partial charge in [0.1, 0.15) is 0 Å². The van der Waals surface area contributed by atoms with Crippen LogP contribution >= 0.6 is 11.6 Å². The van der Waals surface area contributed by atoms with Crippen molar-refractivity contribution < 1.29 is 18.3 Å². The molecule has 6 nitrogen and oxygen atoms in total. The molecule has 0 unspecified atom stereocenters. The van der Waals surface area contributed by atoms with E-state index in [1.807, 2.05) is 0 Å². The number of ether oxygens (including phenoxy) is 1. The third-order valence-electron chi connectivity index (χ3n) is 3.45. The third-order valence-corrected chi connectivity index (χ3v) is 3.70. The van der Waals surface area contributed by atoms with E-state index < -0.39 is 5.82 Å². The predicted octanol–water partition coefficient (Wildman–Crippen LogP) is 4.46. The van der Waals surface area contributed by atoms with E-state index in [0.717, 1.165) is 5.56 Å². The van der Waals surface area contributed by atoms with Gasteiger partial charge >= 0.3 is 0 Å². The number of nitrogens with zero attached hydrogens (tertiary/aromatic N) is 2. The third kappa shape index (κ3) is 4.37. The number of rotatable bonds is 6. The molecule has 0 spiro atoms. The first kappa shape index (κ1) is 17.9. The van der Waals surface area contributed by atoms with Crippen LogP contribution in [0.5, 0.6) is 5.75 Å². The van der Waals surface area contributed by atoms with Gasteiger partial charge in [-0.25, -0.2) is 4.39 Å². The van der Waals surface area contributed by atoms with Crippen LogP contribution in [0.15, 0.2) is 46.9 Å². The zero-order valence-electron chi connectivity index (χ0n) is 13.8. The number of amides is 1. The Labute approximate surface area is 154 Å². The Balaban J connectivity index is 1.64. The minimum Gasteiger partial charge on any atom is -0.481 e. The van der Waals surface area contributed by atoms with E-state index in [2.05, 4.69) is 15.5 Å². The maximum Gasteiger partial charge on any atom is 0.254 e. The second-order valence-electron chi connectivity index (χ2n) is 5.34. The van der Waals surface area contributed by atoms with Gasteiger partial charge in [-0.1, -0.05) is 18.5 Å². The van der Waals surface area contributed by atoms with Gasteiger partial charge in [0.2, 0.25) is 11.8 Å². The Hall–Kier alpha value is -2.93. The summed E-state index contributed by atoms with van der Waals surface area (Å²) in [5.74, 6) is -0.253. The van der Waals surface area contributed by atoms with Gasteiger partial charge in [-0.15, -0.1) is 10.2 Å². The molecule has 1 N–H and O–H groups in total. The van der Waals surface area contributed by atoms with Gasteiger partial charge in [0, 0.05) is 28.8 Å². The molecular weight excluding hydrogens is 361 g/mol. The summed E-state index contributed by atoms with van der Waals surface area (Å²) < 4.78 is 24.9. The minimum atomic E-state index is -0.601. The van der Waals surface area contributed by atoms with E-state index in [9.17, 15) is 9.18 Å². The van der Waals surface area contributed by atoms with Crippen molar-refractivity contribution >= 4 is 23.2 Å². The van der Waals surface area contributed by atoms with Gasteiger partial charge in [0.15, 0.2) is 18.2 Å². The SMILES string of the molecule is CCC(=O)Nc1ccc(OCc2nnc(-c3ccc(Cl)cc3)o2)c(F)c1. The number of aromatic nitrogens is 2. The molecule has 26 heavy (non-hydrogen) atoms. The van der Waals surface area contributed by atoms with Crippen molar-refractivity contribution in [1.82, 2.24) is 10.2 Å². The number of carbonyl (C=O) groups excluding carboxylic acids is 1. The van der Waals surface area contributed by atoms with Crippen LogP contribution in [0.4, 0.5) is 10.1 Å². The molecule has 1 aromatic heterocycles. The summed E-state index contributed by atoms with van der Waals surface area (Å²) >= 11 is 5.84. The number of hydrogen-bond donors (Lipinski definition) is 1. The Morgan fingerprint density at radius 3 is 2.69 bits per heavy atom. The maximum atomic E-state index is 14.1.